The molecule has 100 valence electrons. The Hall–Kier alpha value is -1.66. The van der Waals surface area contributed by atoms with Crippen molar-refractivity contribution in [3.05, 3.63) is 46.2 Å². The van der Waals surface area contributed by atoms with Gasteiger partial charge in [0.25, 0.3) is 0 Å². The maximum Gasteiger partial charge on any atom is 0.159 e. The van der Waals surface area contributed by atoms with Gasteiger partial charge in [0.05, 0.1) is 0 Å². The predicted octanol–water partition coefficient (Wildman–Crippen LogP) is 2.49. The van der Waals surface area contributed by atoms with Crippen LogP contribution in [-0.2, 0) is 6.42 Å². The van der Waals surface area contributed by atoms with Gasteiger partial charge in [-0.1, -0.05) is 24.3 Å². The minimum Gasteiger partial charge on any atom is -0.369 e. The van der Waals surface area contributed by atoms with E-state index in [9.17, 15) is 0 Å². The number of nitrogen functional groups attached to an aromatic ring is 1. The van der Waals surface area contributed by atoms with Gasteiger partial charge in [-0.15, -0.1) is 0 Å². The summed E-state index contributed by atoms with van der Waals surface area (Å²) < 4.78 is 0.738. The molecule has 6 heteroatoms. The van der Waals surface area contributed by atoms with Gasteiger partial charge in [0.1, 0.15) is 16.6 Å². The Morgan fingerprint density at radius 3 is 2.68 bits per heavy atom. The van der Waals surface area contributed by atoms with Crippen LogP contribution in [0.1, 0.15) is 11.1 Å². The molecule has 0 saturated carbocycles. The summed E-state index contributed by atoms with van der Waals surface area (Å²) >= 11 is 3.41. The van der Waals surface area contributed by atoms with E-state index in [1.165, 1.54) is 17.5 Å². The number of halogens is 1. The van der Waals surface area contributed by atoms with Crippen LogP contribution >= 0.6 is 15.9 Å². The number of nitrogens with two attached hydrogens (primary N) is 1. The second-order valence-electron chi connectivity index (χ2n) is 4.13. The van der Waals surface area contributed by atoms with Crippen LogP contribution in [0.15, 0.2) is 35.1 Å². The average molecular weight is 322 g/mol. The Morgan fingerprint density at radius 2 is 1.95 bits per heavy atom. The molecule has 1 heterocycles. The molecule has 0 saturated heterocycles. The fourth-order valence-corrected chi connectivity index (χ4v) is 2.26. The molecular weight excluding hydrogens is 306 g/mol. The molecule has 0 atom stereocenters. The van der Waals surface area contributed by atoms with Crippen LogP contribution in [0.4, 0.5) is 11.6 Å². The Labute approximate surface area is 120 Å². The smallest absolute Gasteiger partial charge is 0.159 e. The monoisotopic (exact) mass is 321 g/mol. The van der Waals surface area contributed by atoms with Gasteiger partial charge in [-0.3, -0.25) is 0 Å². The third-order valence-electron chi connectivity index (χ3n) is 2.87. The molecule has 1 aromatic carbocycles. The van der Waals surface area contributed by atoms with Crippen LogP contribution in [0.2, 0.25) is 0 Å². The van der Waals surface area contributed by atoms with Crippen LogP contribution in [-0.4, -0.2) is 16.5 Å². The van der Waals surface area contributed by atoms with Gasteiger partial charge in [-0.05, 0) is 40.4 Å². The van der Waals surface area contributed by atoms with E-state index < -0.39 is 0 Å². The summed E-state index contributed by atoms with van der Waals surface area (Å²) in [5.41, 5.74) is 5.15. The average Bonchev–Trinajstić information content (AvgIpc) is 2.43. The summed E-state index contributed by atoms with van der Waals surface area (Å²) in [5.74, 6) is 6.66. The number of hydrogen-bond acceptors (Lipinski definition) is 5. The summed E-state index contributed by atoms with van der Waals surface area (Å²) in [6.45, 7) is 2.91. The van der Waals surface area contributed by atoms with Gasteiger partial charge in [0.15, 0.2) is 5.82 Å². The summed E-state index contributed by atoms with van der Waals surface area (Å²) in [7, 11) is 0. The summed E-state index contributed by atoms with van der Waals surface area (Å²) in [5, 5.41) is 3.27. The highest BCUT2D eigenvalue weighted by atomic mass is 79.9. The van der Waals surface area contributed by atoms with Crippen molar-refractivity contribution in [1.82, 2.24) is 9.97 Å². The van der Waals surface area contributed by atoms with Gasteiger partial charge in [0.2, 0.25) is 0 Å². The molecule has 0 bridgehead atoms. The number of anilines is 2. The van der Waals surface area contributed by atoms with E-state index in [1.807, 2.05) is 6.07 Å². The first kappa shape index (κ1) is 13.8. The van der Waals surface area contributed by atoms with E-state index in [2.05, 4.69) is 61.8 Å². The lowest BCUT2D eigenvalue weighted by Crippen LogP contribution is -2.12. The highest BCUT2D eigenvalue weighted by Gasteiger charge is 2.07. The number of hydrogen-bond donors (Lipinski definition) is 3. The van der Waals surface area contributed by atoms with Crippen molar-refractivity contribution in [3.63, 3.8) is 0 Å². The lowest BCUT2D eigenvalue weighted by Gasteiger charge is -2.10. The highest BCUT2D eigenvalue weighted by molar-refractivity contribution is 9.10. The quantitative estimate of drug-likeness (QED) is 0.582. The second-order valence-corrected chi connectivity index (χ2v) is 4.93. The number of aryl methyl sites for hydroxylation is 1. The topological polar surface area (TPSA) is 75.9 Å². The van der Waals surface area contributed by atoms with Crippen molar-refractivity contribution in [2.75, 3.05) is 17.3 Å². The molecular formula is C13H16BrN5. The molecule has 0 fully saturated rings. The molecule has 0 amide bonds. The summed E-state index contributed by atoms with van der Waals surface area (Å²) in [4.78, 5) is 8.18. The van der Waals surface area contributed by atoms with Gasteiger partial charge < -0.3 is 10.7 Å². The molecule has 0 unspecified atom stereocenters. The van der Waals surface area contributed by atoms with Crippen LogP contribution in [0, 0.1) is 6.92 Å². The van der Waals surface area contributed by atoms with E-state index in [4.69, 9.17) is 5.84 Å². The molecule has 19 heavy (non-hydrogen) atoms. The largest absolute Gasteiger partial charge is 0.369 e. The molecule has 0 aliphatic heterocycles. The number of nitrogens with one attached hydrogen (secondary N) is 2. The third-order valence-corrected chi connectivity index (χ3v) is 3.63. The molecule has 0 aliphatic carbocycles. The van der Waals surface area contributed by atoms with Crippen molar-refractivity contribution < 1.29 is 0 Å². The Balaban J connectivity index is 1.98. The number of nitrogens with zero attached hydrogens (tertiary/aromatic N) is 2. The first-order valence-corrected chi connectivity index (χ1v) is 6.77. The van der Waals surface area contributed by atoms with Crippen molar-refractivity contribution in [2.24, 2.45) is 5.84 Å². The molecule has 0 radical (unpaired) electrons. The van der Waals surface area contributed by atoms with Crippen LogP contribution in [0.3, 0.4) is 0 Å². The SMILES string of the molecule is Cc1ccccc1CCNc1ncnc(NN)c1Br. The van der Waals surface area contributed by atoms with E-state index in [-0.39, 0.29) is 0 Å². The van der Waals surface area contributed by atoms with Crippen molar-refractivity contribution in [1.29, 1.82) is 0 Å². The molecule has 0 spiro atoms. The maximum atomic E-state index is 5.36. The fraction of sp³-hybridized carbons (Fsp3) is 0.231. The zero-order valence-electron chi connectivity index (χ0n) is 10.7. The van der Waals surface area contributed by atoms with Crippen molar-refractivity contribution in [2.45, 2.75) is 13.3 Å². The van der Waals surface area contributed by atoms with Crippen molar-refractivity contribution in [3.8, 4) is 0 Å². The van der Waals surface area contributed by atoms with Crippen LogP contribution in [0.25, 0.3) is 0 Å². The van der Waals surface area contributed by atoms with Gasteiger partial charge in [0, 0.05) is 6.54 Å². The molecule has 4 N–H and O–H groups in total. The van der Waals surface area contributed by atoms with Crippen LogP contribution < -0.4 is 16.6 Å². The molecule has 5 nitrogen and oxygen atoms in total. The third kappa shape index (κ3) is 3.42. The van der Waals surface area contributed by atoms with E-state index in [0.29, 0.717) is 5.82 Å². The molecule has 2 aromatic rings. The van der Waals surface area contributed by atoms with Crippen molar-refractivity contribution >= 4 is 27.6 Å². The van der Waals surface area contributed by atoms with Crippen LogP contribution in [0.5, 0.6) is 0 Å². The number of benzene rings is 1. The Kier molecular flexibility index (Phi) is 4.70. The number of rotatable bonds is 5. The Bertz CT molecular complexity index is 558. The lowest BCUT2D eigenvalue weighted by molar-refractivity contribution is 0.984. The first-order chi connectivity index (χ1) is 9.22. The molecule has 2 rings (SSSR count). The van der Waals surface area contributed by atoms with E-state index >= 15 is 0 Å². The first-order valence-electron chi connectivity index (χ1n) is 5.98. The standard InChI is InChI=1S/C13H16BrN5/c1-9-4-2-3-5-10(9)6-7-16-12-11(14)13(19-15)18-8-17-12/h2-5,8H,6-7,15H2,1H3,(H2,16,17,18,19). The number of hydrazine groups is 1. The molecule has 0 aliphatic rings. The van der Waals surface area contributed by atoms with E-state index in [1.54, 1.807) is 0 Å². The van der Waals surface area contributed by atoms with E-state index in [0.717, 1.165) is 23.3 Å². The maximum absolute atomic E-state index is 5.36. The molecule has 1 aromatic heterocycles. The number of aromatic nitrogens is 2. The normalized spacial score (nSPS) is 10.3. The summed E-state index contributed by atoms with van der Waals surface area (Å²) in [6.07, 6.45) is 2.41. The predicted molar refractivity (Wildman–Crippen MR) is 80.9 cm³/mol. The second kappa shape index (κ2) is 6.49. The highest BCUT2D eigenvalue weighted by Crippen LogP contribution is 2.25. The minimum atomic E-state index is 0.563. The van der Waals surface area contributed by atoms with Gasteiger partial charge in [-0.2, -0.15) is 0 Å². The zero-order valence-corrected chi connectivity index (χ0v) is 12.2. The Morgan fingerprint density at radius 1 is 1.21 bits per heavy atom. The zero-order chi connectivity index (χ0) is 13.7. The fourth-order valence-electron chi connectivity index (χ4n) is 1.80. The van der Waals surface area contributed by atoms with Gasteiger partial charge in [-0.25, -0.2) is 15.8 Å². The lowest BCUT2D eigenvalue weighted by atomic mass is 10.1. The summed E-state index contributed by atoms with van der Waals surface area (Å²) in [6, 6.07) is 8.36. The minimum absolute atomic E-state index is 0.563. The van der Waals surface area contributed by atoms with Gasteiger partial charge >= 0.3 is 0 Å².